The largest absolute Gasteiger partial charge is 0.468 e. The maximum absolute atomic E-state index is 11.8. The summed E-state index contributed by atoms with van der Waals surface area (Å²) >= 11 is 6.25. The van der Waals surface area contributed by atoms with Crippen LogP contribution < -0.4 is 0 Å². The van der Waals surface area contributed by atoms with Gasteiger partial charge in [0.2, 0.25) is 0 Å². The third-order valence-corrected chi connectivity index (χ3v) is 4.19. The van der Waals surface area contributed by atoms with E-state index in [1.165, 1.54) is 7.11 Å². The fourth-order valence-corrected chi connectivity index (χ4v) is 2.87. The number of hydrogen-bond acceptors (Lipinski definition) is 4. The molecular weight excluding hydrogens is 266 g/mol. The predicted octanol–water partition coefficient (Wildman–Crippen LogP) is 1.91. The lowest BCUT2D eigenvalue weighted by Crippen LogP contribution is -2.44. The number of rotatable bonds is 3. The second-order valence-corrected chi connectivity index (χ2v) is 5.34. The normalized spacial score (nSPS) is 20.5. The summed E-state index contributed by atoms with van der Waals surface area (Å²) in [6.45, 7) is 3.49. The number of likely N-dealkylation sites (tertiary alicyclic amines) is 1. The van der Waals surface area contributed by atoms with Crippen molar-refractivity contribution in [3.8, 4) is 0 Å². The van der Waals surface area contributed by atoms with Crippen LogP contribution in [0.15, 0.2) is 0 Å². The van der Waals surface area contributed by atoms with Crippen molar-refractivity contribution in [2.45, 2.75) is 38.8 Å². The van der Waals surface area contributed by atoms with E-state index in [1.807, 2.05) is 14.0 Å². The summed E-state index contributed by atoms with van der Waals surface area (Å²) in [5.74, 6) is -0.155. The molecule has 0 N–H and O–H groups in total. The van der Waals surface area contributed by atoms with E-state index in [9.17, 15) is 4.79 Å². The van der Waals surface area contributed by atoms with E-state index in [0.29, 0.717) is 11.7 Å². The molecule has 1 aromatic heterocycles. The highest BCUT2D eigenvalue weighted by molar-refractivity contribution is 6.30. The summed E-state index contributed by atoms with van der Waals surface area (Å²) in [5, 5.41) is 4.95. The Morgan fingerprint density at radius 3 is 2.84 bits per heavy atom. The van der Waals surface area contributed by atoms with Crippen LogP contribution in [-0.2, 0) is 23.1 Å². The van der Waals surface area contributed by atoms with E-state index >= 15 is 0 Å². The van der Waals surface area contributed by atoms with Gasteiger partial charge < -0.3 is 4.74 Å². The van der Waals surface area contributed by atoms with E-state index in [1.54, 1.807) is 4.68 Å². The van der Waals surface area contributed by atoms with Gasteiger partial charge in [0, 0.05) is 19.2 Å². The molecule has 1 saturated heterocycles. The molecule has 106 valence electrons. The number of carbonyl (C=O) groups is 1. The average molecular weight is 286 g/mol. The first kappa shape index (κ1) is 14.3. The first-order valence-corrected chi connectivity index (χ1v) is 6.92. The topological polar surface area (TPSA) is 47.4 Å². The minimum atomic E-state index is -0.158. The molecule has 0 amide bonds. The molecule has 1 aromatic rings. The third kappa shape index (κ3) is 2.92. The number of nitrogens with zero attached hydrogens (tertiary/aromatic N) is 3. The summed E-state index contributed by atoms with van der Waals surface area (Å²) < 4.78 is 6.56. The molecule has 1 aliphatic heterocycles. The fraction of sp³-hybridized carbons (Fsp3) is 0.692. The van der Waals surface area contributed by atoms with E-state index in [2.05, 4.69) is 10.00 Å². The minimum absolute atomic E-state index is 0.155. The molecule has 0 aliphatic carbocycles. The molecule has 0 spiro atoms. The Morgan fingerprint density at radius 1 is 1.53 bits per heavy atom. The van der Waals surface area contributed by atoms with Gasteiger partial charge in [-0.3, -0.25) is 14.4 Å². The standard InChI is InChI=1S/C13H20ClN3O2/c1-9-10(12(14)16(2)15-9)8-17-7-5-4-6-11(17)13(18)19-3/h11H,4-8H2,1-3H3/t11-/m1/s1. The van der Waals surface area contributed by atoms with Crippen LogP contribution in [0.3, 0.4) is 0 Å². The molecule has 0 aromatic carbocycles. The van der Waals surface area contributed by atoms with E-state index in [4.69, 9.17) is 16.3 Å². The number of halogens is 1. The lowest BCUT2D eigenvalue weighted by molar-refractivity contribution is -0.148. The number of ether oxygens (including phenoxy) is 1. The van der Waals surface area contributed by atoms with Crippen LogP contribution in [-0.4, -0.2) is 40.3 Å². The molecule has 19 heavy (non-hydrogen) atoms. The van der Waals surface area contributed by atoms with Crippen LogP contribution in [0.1, 0.15) is 30.5 Å². The maximum Gasteiger partial charge on any atom is 0.323 e. The van der Waals surface area contributed by atoms with Crippen molar-refractivity contribution in [1.82, 2.24) is 14.7 Å². The van der Waals surface area contributed by atoms with Gasteiger partial charge in [0.05, 0.1) is 12.8 Å². The van der Waals surface area contributed by atoms with Crippen molar-refractivity contribution >= 4 is 17.6 Å². The predicted molar refractivity (Wildman–Crippen MR) is 73.0 cm³/mol. The Morgan fingerprint density at radius 2 is 2.26 bits per heavy atom. The molecule has 0 unspecified atom stereocenters. The van der Waals surface area contributed by atoms with Crippen molar-refractivity contribution < 1.29 is 9.53 Å². The quantitative estimate of drug-likeness (QED) is 0.796. The summed E-state index contributed by atoms with van der Waals surface area (Å²) in [7, 11) is 3.27. The Bertz CT molecular complexity index is 473. The molecule has 2 heterocycles. The Hall–Kier alpha value is -1.07. The summed E-state index contributed by atoms with van der Waals surface area (Å²) in [5.41, 5.74) is 1.92. The van der Waals surface area contributed by atoms with E-state index in [0.717, 1.165) is 37.1 Å². The van der Waals surface area contributed by atoms with Crippen LogP contribution >= 0.6 is 11.6 Å². The van der Waals surface area contributed by atoms with Crippen molar-refractivity contribution in [2.24, 2.45) is 7.05 Å². The van der Waals surface area contributed by atoms with Gasteiger partial charge in [-0.15, -0.1) is 0 Å². The molecule has 0 radical (unpaired) electrons. The summed E-state index contributed by atoms with van der Waals surface area (Å²) in [6, 6.07) is -0.158. The number of hydrogen-bond donors (Lipinski definition) is 0. The Labute approximate surface area is 118 Å². The molecular formula is C13H20ClN3O2. The summed E-state index contributed by atoms with van der Waals surface area (Å²) in [4.78, 5) is 14.0. The molecule has 2 rings (SSSR count). The molecule has 6 heteroatoms. The van der Waals surface area contributed by atoms with Crippen LogP contribution in [0.5, 0.6) is 0 Å². The Kier molecular flexibility index (Phi) is 4.47. The van der Waals surface area contributed by atoms with Crippen LogP contribution in [0.4, 0.5) is 0 Å². The van der Waals surface area contributed by atoms with Gasteiger partial charge in [0.25, 0.3) is 0 Å². The zero-order chi connectivity index (χ0) is 14.0. The SMILES string of the molecule is COC(=O)[C@H]1CCCCN1Cc1c(C)nn(C)c1Cl. The highest BCUT2D eigenvalue weighted by atomic mass is 35.5. The number of aromatic nitrogens is 2. The van der Waals surface area contributed by atoms with Crippen LogP contribution in [0.2, 0.25) is 5.15 Å². The number of esters is 1. The molecule has 0 saturated carbocycles. The van der Waals surface area contributed by atoms with Gasteiger partial charge in [-0.05, 0) is 26.3 Å². The first-order chi connectivity index (χ1) is 9.04. The van der Waals surface area contributed by atoms with Crippen LogP contribution in [0.25, 0.3) is 0 Å². The van der Waals surface area contributed by atoms with Gasteiger partial charge >= 0.3 is 5.97 Å². The molecule has 0 bridgehead atoms. The highest BCUT2D eigenvalue weighted by Gasteiger charge is 2.30. The van der Waals surface area contributed by atoms with Gasteiger partial charge in [-0.25, -0.2) is 0 Å². The Balaban J connectivity index is 2.17. The first-order valence-electron chi connectivity index (χ1n) is 6.54. The minimum Gasteiger partial charge on any atom is -0.468 e. The average Bonchev–Trinajstić information content (AvgIpc) is 2.65. The highest BCUT2D eigenvalue weighted by Crippen LogP contribution is 2.25. The maximum atomic E-state index is 11.8. The lowest BCUT2D eigenvalue weighted by atomic mass is 10.0. The molecule has 1 atom stereocenters. The lowest BCUT2D eigenvalue weighted by Gasteiger charge is -2.33. The van der Waals surface area contributed by atoms with Crippen molar-refractivity contribution in [3.05, 3.63) is 16.4 Å². The van der Waals surface area contributed by atoms with Gasteiger partial charge in [0.15, 0.2) is 0 Å². The number of piperidine rings is 1. The van der Waals surface area contributed by atoms with Gasteiger partial charge in [-0.1, -0.05) is 18.0 Å². The van der Waals surface area contributed by atoms with Gasteiger partial charge in [0.1, 0.15) is 11.2 Å². The van der Waals surface area contributed by atoms with E-state index < -0.39 is 0 Å². The van der Waals surface area contributed by atoms with Gasteiger partial charge in [-0.2, -0.15) is 5.10 Å². The monoisotopic (exact) mass is 285 g/mol. The van der Waals surface area contributed by atoms with Crippen molar-refractivity contribution in [3.63, 3.8) is 0 Å². The molecule has 1 fully saturated rings. The summed E-state index contributed by atoms with van der Waals surface area (Å²) in [6.07, 6.45) is 3.02. The molecule has 5 nitrogen and oxygen atoms in total. The van der Waals surface area contributed by atoms with Crippen molar-refractivity contribution in [1.29, 1.82) is 0 Å². The zero-order valence-electron chi connectivity index (χ0n) is 11.6. The number of carbonyl (C=O) groups excluding carboxylic acids is 1. The number of aryl methyl sites for hydroxylation is 2. The second kappa shape index (κ2) is 5.92. The van der Waals surface area contributed by atoms with E-state index in [-0.39, 0.29) is 12.0 Å². The van der Waals surface area contributed by atoms with Crippen molar-refractivity contribution in [2.75, 3.05) is 13.7 Å². The number of methoxy groups -OCH3 is 1. The van der Waals surface area contributed by atoms with Crippen LogP contribution in [0, 0.1) is 6.92 Å². The zero-order valence-corrected chi connectivity index (χ0v) is 12.4. The second-order valence-electron chi connectivity index (χ2n) is 4.98. The smallest absolute Gasteiger partial charge is 0.323 e. The third-order valence-electron chi connectivity index (χ3n) is 3.72. The molecule has 1 aliphatic rings. The fourth-order valence-electron chi connectivity index (χ4n) is 2.64.